The first kappa shape index (κ1) is 17.3. The molecule has 0 aliphatic heterocycles. The molecule has 2 aliphatic carbocycles. The van der Waals surface area contributed by atoms with Gasteiger partial charge in [0.2, 0.25) is 0 Å². The third-order valence-corrected chi connectivity index (χ3v) is 6.20. The smallest absolute Gasteiger partial charge is 0.00949 e. The lowest BCUT2D eigenvalue weighted by atomic mass is 9.70. The fourth-order valence-electron chi connectivity index (χ4n) is 4.62. The topological polar surface area (TPSA) is 15.3 Å². The van der Waals surface area contributed by atoms with Crippen LogP contribution in [0.15, 0.2) is 0 Å². The highest BCUT2D eigenvalue weighted by atomic mass is 15.1. The van der Waals surface area contributed by atoms with Gasteiger partial charge in [-0.25, -0.2) is 0 Å². The molecule has 1 N–H and O–H groups in total. The van der Waals surface area contributed by atoms with E-state index in [1.54, 1.807) is 0 Å². The SMILES string of the molecule is CCNCC1(CN(C)C2CCCC(C)C2)CCC(C)CC1. The molecular weight excluding hydrogens is 256 g/mol. The van der Waals surface area contributed by atoms with Crippen molar-refractivity contribution >= 4 is 0 Å². The predicted octanol–water partition coefficient (Wildman–Crippen LogP) is 4.30. The molecule has 0 saturated heterocycles. The summed E-state index contributed by atoms with van der Waals surface area (Å²) in [4.78, 5) is 2.73. The molecule has 2 nitrogen and oxygen atoms in total. The van der Waals surface area contributed by atoms with Crippen molar-refractivity contribution in [3.63, 3.8) is 0 Å². The van der Waals surface area contributed by atoms with Crippen LogP contribution in [0.2, 0.25) is 0 Å². The van der Waals surface area contributed by atoms with Gasteiger partial charge in [0.05, 0.1) is 0 Å². The van der Waals surface area contributed by atoms with Gasteiger partial charge in [-0.05, 0) is 56.5 Å². The zero-order chi connectivity index (χ0) is 15.3. The van der Waals surface area contributed by atoms with E-state index in [0.717, 1.165) is 24.4 Å². The summed E-state index contributed by atoms with van der Waals surface area (Å²) in [6, 6.07) is 0.839. The molecule has 2 fully saturated rings. The lowest BCUT2D eigenvalue weighted by Crippen LogP contribution is -2.48. The largest absolute Gasteiger partial charge is 0.316 e. The quantitative estimate of drug-likeness (QED) is 0.785. The first-order chi connectivity index (χ1) is 10.0. The van der Waals surface area contributed by atoms with Gasteiger partial charge in [-0.1, -0.05) is 46.5 Å². The first-order valence-electron chi connectivity index (χ1n) is 9.45. The van der Waals surface area contributed by atoms with E-state index in [-0.39, 0.29) is 0 Å². The van der Waals surface area contributed by atoms with E-state index in [4.69, 9.17) is 0 Å². The van der Waals surface area contributed by atoms with Gasteiger partial charge < -0.3 is 10.2 Å². The summed E-state index contributed by atoms with van der Waals surface area (Å²) in [5, 5.41) is 3.66. The molecule has 0 heterocycles. The van der Waals surface area contributed by atoms with Gasteiger partial charge >= 0.3 is 0 Å². The average molecular weight is 295 g/mol. The molecule has 0 aromatic heterocycles. The van der Waals surface area contributed by atoms with Crippen molar-refractivity contribution in [2.75, 3.05) is 26.7 Å². The minimum atomic E-state index is 0.540. The highest BCUT2D eigenvalue weighted by Crippen LogP contribution is 2.40. The van der Waals surface area contributed by atoms with E-state index in [2.05, 4.69) is 38.0 Å². The molecule has 21 heavy (non-hydrogen) atoms. The predicted molar refractivity (Wildman–Crippen MR) is 92.7 cm³/mol. The van der Waals surface area contributed by atoms with Crippen molar-refractivity contribution in [1.29, 1.82) is 0 Å². The molecule has 124 valence electrons. The van der Waals surface area contributed by atoms with Crippen LogP contribution in [-0.2, 0) is 0 Å². The van der Waals surface area contributed by atoms with Crippen LogP contribution < -0.4 is 5.32 Å². The van der Waals surface area contributed by atoms with Gasteiger partial charge in [0.15, 0.2) is 0 Å². The monoisotopic (exact) mass is 294 g/mol. The fourth-order valence-corrected chi connectivity index (χ4v) is 4.62. The molecule has 2 aliphatic rings. The lowest BCUT2D eigenvalue weighted by molar-refractivity contribution is 0.0616. The summed E-state index contributed by atoms with van der Waals surface area (Å²) in [6.07, 6.45) is 11.4. The highest BCUT2D eigenvalue weighted by Gasteiger charge is 2.36. The maximum absolute atomic E-state index is 3.66. The van der Waals surface area contributed by atoms with Crippen LogP contribution in [0.5, 0.6) is 0 Å². The van der Waals surface area contributed by atoms with Crippen molar-refractivity contribution in [2.45, 2.75) is 78.2 Å². The van der Waals surface area contributed by atoms with Crippen molar-refractivity contribution in [3.8, 4) is 0 Å². The summed E-state index contributed by atoms with van der Waals surface area (Å²) in [6.45, 7) is 10.8. The second kappa shape index (κ2) is 7.97. The van der Waals surface area contributed by atoms with Gasteiger partial charge in [-0.3, -0.25) is 0 Å². The molecule has 2 unspecified atom stereocenters. The Morgan fingerprint density at radius 2 is 1.76 bits per heavy atom. The van der Waals surface area contributed by atoms with E-state index in [1.807, 2.05) is 0 Å². The summed E-state index contributed by atoms with van der Waals surface area (Å²) >= 11 is 0. The molecule has 2 heteroatoms. The Bertz CT molecular complexity index is 288. The molecule has 0 radical (unpaired) electrons. The zero-order valence-electron chi connectivity index (χ0n) is 15.0. The molecule has 0 spiro atoms. The van der Waals surface area contributed by atoms with Crippen molar-refractivity contribution in [3.05, 3.63) is 0 Å². The van der Waals surface area contributed by atoms with Crippen LogP contribution >= 0.6 is 0 Å². The summed E-state index contributed by atoms with van der Waals surface area (Å²) < 4.78 is 0. The zero-order valence-corrected chi connectivity index (χ0v) is 15.0. The lowest BCUT2D eigenvalue weighted by Gasteiger charge is -2.45. The molecule has 0 aromatic rings. The van der Waals surface area contributed by atoms with Crippen LogP contribution in [-0.4, -0.2) is 37.6 Å². The average Bonchev–Trinajstić information content (AvgIpc) is 2.48. The van der Waals surface area contributed by atoms with E-state index in [9.17, 15) is 0 Å². The van der Waals surface area contributed by atoms with Crippen molar-refractivity contribution in [1.82, 2.24) is 10.2 Å². The van der Waals surface area contributed by atoms with E-state index >= 15 is 0 Å². The van der Waals surface area contributed by atoms with Crippen LogP contribution in [0.3, 0.4) is 0 Å². The van der Waals surface area contributed by atoms with Gasteiger partial charge in [0, 0.05) is 19.1 Å². The molecule has 0 aromatic carbocycles. The number of hydrogen-bond acceptors (Lipinski definition) is 2. The molecular formula is C19H38N2. The van der Waals surface area contributed by atoms with Crippen LogP contribution in [0.25, 0.3) is 0 Å². The number of nitrogens with zero attached hydrogens (tertiary/aromatic N) is 1. The molecule has 2 saturated carbocycles. The molecule has 0 amide bonds. The number of nitrogens with one attached hydrogen (secondary N) is 1. The van der Waals surface area contributed by atoms with Gasteiger partial charge in [0.25, 0.3) is 0 Å². The standard InChI is InChI=1S/C19H38N2/c1-5-20-14-19(11-9-16(2)10-12-19)15-21(4)18-8-6-7-17(3)13-18/h16-18,20H,5-15H2,1-4H3. The third-order valence-electron chi connectivity index (χ3n) is 6.20. The second-order valence-electron chi connectivity index (χ2n) is 8.30. The minimum Gasteiger partial charge on any atom is -0.316 e. The highest BCUT2D eigenvalue weighted by molar-refractivity contribution is 4.90. The molecule has 2 atom stereocenters. The molecule has 0 bridgehead atoms. The summed E-state index contributed by atoms with van der Waals surface area (Å²) in [5.74, 6) is 1.88. The minimum absolute atomic E-state index is 0.540. The Morgan fingerprint density at radius 3 is 2.38 bits per heavy atom. The van der Waals surface area contributed by atoms with Crippen molar-refractivity contribution < 1.29 is 0 Å². The van der Waals surface area contributed by atoms with Crippen LogP contribution in [0.4, 0.5) is 0 Å². The van der Waals surface area contributed by atoms with Crippen LogP contribution in [0, 0.1) is 17.3 Å². The normalized spacial score (nSPS) is 37.9. The number of hydrogen-bond donors (Lipinski definition) is 1. The maximum Gasteiger partial charge on any atom is 0.00949 e. The summed E-state index contributed by atoms with van der Waals surface area (Å²) in [5.41, 5.74) is 0.540. The first-order valence-corrected chi connectivity index (χ1v) is 9.45. The molecule has 2 rings (SSSR count). The Labute approximate surface area is 133 Å². The van der Waals surface area contributed by atoms with E-state index < -0.39 is 0 Å². The van der Waals surface area contributed by atoms with Gasteiger partial charge in [-0.15, -0.1) is 0 Å². The second-order valence-corrected chi connectivity index (χ2v) is 8.30. The summed E-state index contributed by atoms with van der Waals surface area (Å²) in [7, 11) is 2.40. The Hall–Kier alpha value is -0.0800. The van der Waals surface area contributed by atoms with E-state index in [1.165, 1.54) is 64.5 Å². The Balaban J connectivity index is 1.93. The third kappa shape index (κ3) is 4.96. The Kier molecular flexibility index (Phi) is 6.55. The van der Waals surface area contributed by atoms with Gasteiger partial charge in [0.1, 0.15) is 0 Å². The maximum atomic E-state index is 3.66. The van der Waals surface area contributed by atoms with Crippen molar-refractivity contribution in [2.24, 2.45) is 17.3 Å². The number of rotatable bonds is 6. The Morgan fingerprint density at radius 1 is 1.05 bits per heavy atom. The van der Waals surface area contributed by atoms with E-state index in [0.29, 0.717) is 5.41 Å². The van der Waals surface area contributed by atoms with Gasteiger partial charge in [-0.2, -0.15) is 0 Å². The fraction of sp³-hybridized carbons (Fsp3) is 1.00. The van der Waals surface area contributed by atoms with Crippen LogP contribution in [0.1, 0.15) is 72.1 Å².